The molecule has 2 heteroatoms. The molecule has 0 aromatic carbocycles. The number of carbonyl (C=O) groups excluding carboxylic acids is 1. The summed E-state index contributed by atoms with van der Waals surface area (Å²) < 4.78 is 0. The summed E-state index contributed by atoms with van der Waals surface area (Å²) in [6.45, 7) is 11.4. The number of nitrogens with zero attached hydrogens (tertiary/aromatic N) is 1. The van der Waals surface area contributed by atoms with E-state index in [0.717, 1.165) is 6.54 Å². The lowest BCUT2D eigenvalue weighted by Gasteiger charge is -2.32. The van der Waals surface area contributed by atoms with Crippen LogP contribution in [0, 0.1) is 11.3 Å². The molecule has 0 aliphatic carbocycles. The second-order valence-electron chi connectivity index (χ2n) is 5.70. The molecule has 0 aromatic rings. The second-order valence-corrected chi connectivity index (χ2v) is 5.70. The van der Waals surface area contributed by atoms with Gasteiger partial charge >= 0.3 is 0 Å². The Balaban J connectivity index is 2.72. The monoisotopic (exact) mass is 197 g/mol. The highest BCUT2D eigenvalue weighted by Gasteiger charge is 2.35. The minimum Gasteiger partial charge on any atom is -0.339 e. The lowest BCUT2D eigenvalue weighted by atomic mass is 9.93. The summed E-state index contributed by atoms with van der Waals surface area (Å²) in [6, 6.07) is 0.474. The van der Waals surface area contributed by atoms with Gasteiger partial charge in [-0.2, -0.15) is 0 Å². The summed E-state index contributed by atoms with van der Waals surface area (Å²) in [5.74, 6) is 0.900. The van der Waals surface area contributed by atoms with Crippen molar-refractivity contribution >= 4 is 5.91 Å². The van der Waals surface area contributed by atoms with E-state index < -0.39 is 0 Å². The maximum atomic E-state index is 12.1. The molecule has 1 atom stereocenters. The zero-order chi connectivity index (χ0) is 10.9. The van der Waals surface area contributed by atoms with E-state index in [0.29, 0.717) is 17.9 Å². The Morgan fingerprint density at radius 1 is 1.36 bits per heavy atom. The van der Waals surface area contributed by atoms with Gasteiger partial charge in [-0.15, -0.1) is 0 Å². The molecule has 2 nitrogen and oxygen atoms in total. The highest BCUT2D eigenvalue weighted by Crippen LogP contribution is 2.28. The average Bonchev–Trinajstić information content (AvgIpc) is 2.48. The first-order chi connectivity index (χ1) is 6.34. The quantitative estimate of drug-likeness (QED) is 0.633. The largest absolute Gasteiger partial charge is 0.339 e. The Labute approximate surface area is 87.7 Å². The number of amides is 1. The Kier molecular flexibility index (Phi) is 3.23. The van der Waals surface area contributed by atoms with Crippen LogP contribution in [-0.4, -0.2) is 23.4 Å². The van der Waals surface area contributed by atoms with Gasteiger partial charge in [0.25, 0.3) is 0 Å². The molecule has 1 heterocycles. The predicted octanol–water partition coefficient (Wildman–Crippen LogP) is 2.68. The molecule has 1 saturated heterocycles. The van der Waals surface area contributed by atoms with Gasteiger partial charge in [-0.25, -0.2) is 0 Å². The summed E-state index contributed by atoms with van der Waals surface area (Å²) >= 11 is 0. The first-order valence-corrected chi connectivity index (χ1v) is 5.65. The van der Waals surface area contributed by atoms with Crippen molar-refractivity contribution in [2.45, 2.75) is 53.5 Å². The molecule has 82 valence electrons. The highest BCUT2D eigenvalue weighted by atomic mass is 16.2. The van der Waals surface area contributed by atoms with Crippen LogP contribution in [0.15, 0.2) is 0 Å². The van der Waals surface area contributed by atoms with Crippen LogP contribution in [0.25, 0.3) is 0 Å². The average molecular weight is 197 g/mol. The van der Waals surface area contributed by atoms with Crippen molar-refractivity contribution in [3.63, 3.8) is 0 Å². The van der Waals surface area contributed by atoms with Crippen molar-refractivity contribution in [1.82, 2.24) is 4.90 Å². The molecule has 0 aromatic heterocycles. The van der Waals surface area contributed by atoms with Crippen molar-refractivity contribution in [1.29, 1.82) is 0 Å². The molecule has 1 amide bonds. The third-order valence-corrected chi connectivity index (χ3v) is 2.97. The first kappa shape index (κ1) is 11.5. The van der Waals surface area contributed by atoms with Crippen LogP contribution in [0.2, 0.25) is 0 Å². The number of hydrogen-bond acceptors (Lipinski definition) is 1. The van der Waals surface area contributed by atoms with Crippen molar-refractivity contribution < 1.29 is 4.79 Å². The van der Waals surface area contributed by atoms with Gasteiger partial charge in [0, 0.05) is 18.0 Å². The molecule has 0 unspecified atom stereocenters. The molecular weight excluding hydrogens is 174 g/mol. The molecule has 1 rings (SSSR count). The van der Waals surface area contributed by atoms with E-state index in [4.69, 9.17) is 0 Å². The minimum absolute atomic E-state index is 0.225. The zero-order valence-corrected chi connectivity index (χ0v) is 10.1. The summed E-state index contributed by atoms with van der Waals surface area (Å²) in [7, 11) is 0. The van der Waals surface area contributed by atoms with E-state index in [2.05, 4.69) is 18.7 Å². The Hall–Kier alpha value is -0.530. The zero-order valence-electron chi connectivity index (χ0n) is 10.1. The topological polar surface area (TPSA) is 20.3 Å². The van der Waals surface area contributed by atoms with E-state index in [1.165, 1.54) is 12.8 Å². The summed E-state index contributed by atoms with van der Waals surface area (Å²) in [6.07, 6.45) is 2.35. The van der Waals surface area contributed by atoms with Crippen LogP contribution in [0.4, 0.5) is 0 Å². The number of hydrogen-bond donors (Lipinski definition) is 0. The van der Waals surface area contributed by atoms with Crippen LogP contribution in [-0.2, 0) is 4.79 Å². The van der Waals surface area contributed by atoms with Crippen molar-refractivity contribution in [2.24, 2.45) is 11.3 Å². The van der Waals surface area contributed by atoms with Crippen LogP contribution >= 0.6 is 0 Å². The smallest absolute Gasteiger partial charge is 0.228 e. The van der Waals surface area contributed by atoms with Crippen molar-refractivity contribution in [2.75, 3.05) is 6.54 Å². The van der Waals surface area contributed by atoms with Gasteiger partial charge in [0.2, 0.25) is 5.91 Å². The maximum Gasteiger partial charge on any atom is 0.228 e. The van der Waals surface area contributed by atoms with Gasteiger partial charge in [0.1, 0.15) is 0 Å². The molecule has 0 N–H and O–H groups in total. The first-order valence-electron chi connectivity index (χ1n) is 5.65. The SMILES string of the molecule is CC(C)[C@H]1CCCN1C(=O)C(C)(C)C. The summed E-state index contributed by atoms with van der Waals surface area (Å²) in [5, 5.41) is 0. The van der Waals surface area contributed by atoms with Gasteiger partial charge in [0.15, 0.2) is 0 Å². The molecule has 1 fully saturated rings. The molecular formula is C12H23NO. The number of carbonyl (C=O) groups is 1. The van der Waals surface area contributed by atoms with Crippen LogP contribution in [0.3, 0.4) is 0 Å². The molecule has 1 aliphatic heterocycles. The molecule has 0 bridgehead atoms. The second kappa shape index (κ2) is 3.92. The minimum atomic E-state index is -0.225. The third-order valence-electron chi connectivity index (χ3n) is 2.97. The summed E-state index contributed by atoms with van der Waals surface area (Å²) in [4.78, 5) is 14.2. The Morgan fingerprint density at radius 2 is 1.93 bits per heavy atom. The van der Waals surface area contributed by atoms with Gasteiger partial charge in [-0.3, -0.25) is 4.79 Å². The van der Waals surface area contributed by atoms with Gasteiger partial charge in [0.05, 0.1) is 0 Å². The highest BCUT2D eigenvalue weighted by molar-refractivity contribution is 5.82. The molecule has 0 spiro atoms. The van der Waals surface area contributed by atoms with Crippen LogP contribution < -0.4 is 0 Å². The molecule has 0 radical (unpaired) electrons. The fraction of sp³-hybridized carbons (Fsp3) is 0.917. The van der Waals surface area contributed by atoms with Crippen LogP contribution in [0.1, 0.15) is 47.5 Å². The van der Waals surface area contributed by atoms with Gasteiger partial charge in [-0.1, -0.05) is 34.6 Å². The van der Waals surface area contributed by atoms with Crippen LogP contribution in [0.5, 0.6) is 0 Å². The normalized spacial score (nSPS) is 23.3. The lowest BCUT2D eigenvalue weighted by Crippen LogP contribution is -2.44. The Bertz CT molecular complexity index is 215. The van der Waals surface area contributed by atoms with Crippen molar-refractivity contribution in [3.05, 3.63) is 0 Å². The lowest BCUT2D eigenvalue weighted by molar-refractivity contribution is -0.141. The standard InChI is InChI=1S/C12H23NO/c1-9(2)10-7-6-8-13(10)11(14)12(3,4)5/h9-10H,6-8H2,1-5H3/t10-/m1/s1. The maximum absolute atomic E-state index is 12.1. The van der Waals surface area contributed by atoms with Crippen molar-refractivity contribution in [3.8, 4) is 0 Å². The van der Waals surface area contributed by atoms with E-state index in [9.17, 15) is 4.79 Å². The third kappa shape index (κ3) is 2.28. The summed E-state index contributed by atoms with van der Waals surface area (Å²) in [5.41, 5.74) is -0.225. The molecule has 14 heavy (non-hydrogen) atoms. The number of rotatable bonds is 1. The Morgan fingerprint density at radius 3 is 2.36 bits per heavy atom. The molecule has 0 saturated carbocycles. The van der Waals surface area contributed by atoms with E-state index in [1.54, 1.807) is 0 Å². The fourth-order valence-electron chi connectivity index (χ4n) is 2.17. The predicted molar refractivity (Wildman–Crippen MR) is 59.0 cm³/mol. The van der Waals surface area contributed by atoms with Gasteiger partial charge < -0.3 is 4.90 Å². The van der Waals surface area contributed by atoms with Gasteiger partial charge in [-0.05, 0) is 18.8 Å². The van der Waals surface area contributed by atoms with E-state index >= 15 is 0 Å². The van der Waals surface area contributed by atoms with E-state index in [1.807, 2.05) is 20.8 Å². The molecule has 1 aliphatic rings. The fourth-order valence-corrected chi connectivity index (χ4v) is 2.17. The van der Waals surface area contributed by atoms with E-state index in [-0.39, 0.29) is 5.41 Å². The number of likely N-dealkylation sites (tertiary alicyclic amines) is 1.